The molecule has 0 radical (unpaired) electrons. The van der Waals surface area contributed by atoms with E-state index in [0.717, 1.165) is 25.7 Å². The lowest BCUT2D eigenvalue weighted by Gasteiger charge is -2.00. The molecule has 0 aliphatic heterocycles. The molecule has 0 atom stereocenters. The number of rotatable bonds is 7. The molecule has 1 heteroatoms. The molecule has 0 spiro atoms. The van der Waals surface area contributed by atoms with E-state index in [9.17, 15) is 0 Å². The highest BCUT2D eigenvalue weighted by Gasteiger charge is 1.91. The molecule has 0 aromatic heterocycles. The first kappa shape index (κ1) is 15.2. The van der Waals surface area contributed by atoms with Crippen molar-refractivity contribution in [2.24, 2.45) is 0 Å². The van der Waals surface area contributed by atoms with Crippen molar-refractivity contribution in [2.45, 2.75) is 53.4 Å². The Labute approximate surface area is 101 Å². The van der Waals surface area contributed by atoms with Crippen molar-refractivity contribution in [1.29, 1.82) is 0 Å². The van der Waals surface area contributed by atoms with Gasteiger partial charge in [-0.2, -0.15) is 0 Å². The van der Waals surface area contributed by atoms with Crippen LogP contribution < -0.4 is 0 Å². The summed E-state index contributed by atoms with van der Waals surface area (Å²) in [6.07, 6.45) is 10.9. The van der Waals surface area contributed by atoms with Gasteiger partial charge in [0.05, 0.1) is 6.61 Å². The highest BCUT2D eigenvalue weighted by Crippen LogP contribution is 2.10. The second-order valence-corrected chi connectivity index (χ2v) is 4.64. The smallest absolute Gasteiger partial charge is 0.0614 e. The van der Waals surface area contributed by atoms with Gasteiger partial charge in [0.2, 0.25) is 0 Å². The number of aliphatic hydroxyl groups is 1. The number of aliphatic hydroxyl groups excluding tert-OH is 1. The molecule has 1 N–H and O–H groups in total. The predicted molar refractivity (Wildman–Crippen MR) is 72.5 cm³/mol. The summed E-state index contributed by atoms with van der Waals surface area (Å²) in [6, 6.07) is 0. The fourth-order valence-electron chi connectivity index (χ4n) is 1.49. The van der Waals surface area contributed by atoms with E-state index in [1.807, 2.05) is 6.08 Å². The van der Waals surface area contributed by atoms with E-state index >= 15 is 0 Å². The molecule has 0 rings (SSSR count). The molecule has 1 nitrogen and oxygen atoms in total. The van der Waals surface area contributed by atoms with Crippen LogP contribution in [0.25, 0.3) is 0 Å². The van der Waals surface area contributed by atoms with E-state index in [2.05, 4.69) is 39.8 Å². The zero-order valence-electron chi connectivity index (χ0n) is 11.2. The molecule has 0 fully saturated rings. The third-order valence-corrected chi connectivity index (χ3v) is 2.56. The van der Waals surface area contributed by atoms with Crippen molar-refractivity contribution in [2.75, 3.05) is 6.61 Å². The van der Waals surface area contributed by atoms with Gasteiger partial charge in [0, 0.05) is 0 Å². The molecule has 0 saturated carbocycles. The lowest BCUT2D eigenvalue weighted by Crippen LogP contribution is -1.82. The SMILES string of the molecule is CC(C)=CCC/C(C)=C/CCC(C)=CCO. The molecule has 0 saturated heterocycles. The zero-order valence-corrected chi connectivity index (χ0v) is 11.2. The fraction of sp³-hybridized carbons (Fsp3) is 0.600. The lowest BCUT2D eigenvalue weighted by molar-refractivity contribution is 0.341. The van der Waals surface area contributed by atoms with Crippen molar-refractivity contribution in [3.8, 4) is 0 Å². The first-order valence-corrected chi connectivity index (χ1v) is 6.11. The summed E-state index contributed by atoms with van der Waals surface area (Å²) in [5, 5.41) is 8.72. The fourth-order valence-corrected chi connectivity index (χ4v) is 1.49. The van der Waals surface area contributed by atoms with Crippen molar-refractivity contribution >= 4 is 0 Å². The zero-order chi connectivity index (χ0) is 12.4. The molecule has 0 bridgehead atoms. The third-order valence-electron chi connectivity index (χ3n) is 2.56. The average molecular weight is 222 g/mol. The predicted octanol–water partition coefficient (Wildman–Crippen LogP) is 4.40. The highest BCUT2D eigenvalue weighted by molar-refractivity contribution is 5.05. The molecule has 0 aromatic carbocycles. The first-order valence-electron chi connectivity index (χ1n) is 6.11. The topological polar surface area (TPSA) is 20.2 Å². The van der Waals surface area contributed by atoms with Crippen molar-refractivity contribution in [3.05, 3.63) is 34.9 Å². The summed E-state index contributed by atoms with van der Waals surface area (Å²) in [4.78, 5) is 0. The van der Waals surface area contributed by atoms with Gasteiger partial charge in [0.15, 0.2) is 0 Å². The summed E-state index contributed by atoms with van der Waals surface area (Å²) in [6.45, 7) is 8.71. The highest BCUT2D eigenvalue weighted by atomic mass is 16.2. The van der Waals surface area contributed by atoms with E-state index < -0.39 is 0 Å². The van der Waals surface area contributed by atoms with Gasteiger partial charge in [0.25, 0.3) is 0 Å². The molecular weight excluding hydrogens is 196 g/mol. The largest absolute Gasteiger partial charge is 0.392 e. The molecule has 0 aliphatic rings. The van der Waals surface area contributed by atoms with E-state index in [1.165, 1.54) is 16.7 Å². The van der Waals surface area contributed by atoms with E-state index in [1.54, 1.807) is 0 Å². The Hall–Kier alpha value is -0.820. The maximum absolute atomic E-state index is 8.72. The van der Waals surface area contributed by atoms with Crippen molar-refractivity contribution < 1.29 is 5.11 Å². The van der Waals surface area contributed by atoms with Gasteiger partial charge in [-0.05, 0) is 53.4 Å². The van der Waals surface area contributed by atoms with Gasteiger partial charge < -0.3 is 5.11 Å². The minimum absolute atomic E-state index is 0.162. The molecule has 0 amide bonds. The maximum Gasteiger partial charge on any atom is 0.0614 e. The Bertz CT molecular complexity index is 265. The first-order chi connectivity index (χ1) is 7.56. The Morgan fingerprint density at radius 3 is 1.81 bits per heavy atom. The number of allylic oxidation sites excluding steroid dienone is 5. The Morgan fingerprint density at radius 2 is 1.31 bits per heavy atom. The number of hydrogen-bond acceptors (Lipinski definition) is 1. The van der Waals surface area contributed by atoms with Crippen LogP contribution >= 0.6 is 0 Å². The van der Waals surface area contributed by atoms with Gasteiger partial charge in [-0.25, -0.2) is 0 Å². The van der Waals surface area contributed by atoms with Crippen LogP contribution in [0.5, 0.6) is 0 Å². The van der Waals surface area contributed by atoms with E-state index in [-0.39, 0.29) is 6.61 Å². The Morgan fingerprint density at radius 1 is 0.812 bits per heavy atom. The molecule has 92 valence electrons. The molecule has 16 heavy (non-hydrogen) atoms. The van der Waals surface area contributed by atoms with Crippen LogP contribution in [0, 0.1) is 0 Å². The lowest BCUT2D eigenvalue weighted by atomic mass is 10.1. The molecule has 0 heterocycles. The second-order valence-electron chi connectivity index (χ2n) is 4.64. The quantitative estimate of drug-likeness (QED) is 0.633. The number of hydrogen-bond donors (Lipinski definition) is 1. The summed E-state index contributed by atoms with van der Waals surface area (Å²) in [7, 11) is 0. The van der Waals surface area contributed by atoms with Crippen molar-refractivity contribution in [1.82, 2.24) is 0 Å². The van der Waals surface area contributed by atoms with Crippen LogP contribution in [0.3, 0.4) is 0 Å². The summed E-state index contributed by atoms with van der Waals surface area (Å²) < 4.78 is 0. The van der Waals surface area contributed by atoms with Crippen LogP contribution in [-0.4, -0.2) is 11.7 Å². The summed E-state index contributed by atoms with van der Waals surface area (Å²) in [5.74, 6) is 0. The Kier molecular flexibility index (Phi) is 8.93. The summed E-state index contributed by atoms with van der Waals surface area (Å²) >= 11 is 0. The normalized spacial score (nSPS) is 12.8. The molecule has 0 unspecified atom stereocenters. The average Bonchev–Trinajstić information content (AvgIpc) is 2.17. The monoisotopic (exact) mass is 222 g/mol. The maximum atomic E-state index is 8.72. The van der Waals surface area contributed by atoms with E-state index in [0.29, 0.717) is 0 Å². The van der Waals surface area contributed by atoms with Gasteiger partial charge in [-0.3, -0.25) is 0 Å². The summed E-state index contributed by atoms with van der Waals surface area (Å²) in [5.41, 5.74) is 4.14. The Balaban J connectivity index is 3.79. The van der Waals surface area contributed by atoms with Gasteiger partial charge in [0.1, 0.15) is 0 Å². The van der Waals surface area contributed by atoms with Crippen molar-refractivity contribution in [3.63, 3.8) is 0 Å². The van der Waals surface area contributed by atoms with Crippen LogP contribution in [0.2, 0.25) is 0 Å². The van der Waals surface area contributed by atoms with Gasteiger partial charge in [-0.15, -0.1) is 0 Å². The van der Waals surface area contributed by atoms with Crippen LogP contribution in [0.4, 0.5) is 0 Å². The van der Waals surface area contributed by atoms with E-state index in [4.69, 9.17) is 5.11 Å². The molecular formula is C15H26O. The van der Waals surface area contributed by atoms with Crippen LogP contribution in [0.15, 0.2) is 34.9 Å². The molecule has 0 aromatic rings. The van der Waals surface area contributed by atoms with Crippen LogP contribution in [0.1, 0.15) is 53.4 Å². The van der Waals surface area contributed by atoms with Gasteiger partial charge >= 0.3 is 0 Å². The standard InChI is InChI=1S/C15H26O/c1-13(2)7-5-8-14(3)9-6-10-15(4)11-12-16/h7,9,11,16H,5-6,8,10,12H2,1-4H3/b14-9+,15-11?. The van der Waals surface area contributed by atoms with Crippen LogP contribution in [-0.2, 0) is 0 Å². The minimum atomic E-state index is 0.162. The third kappa shape index (κ3) is 9.72. The minimum Gasteiger partial charge on any atom is -0.392 e. The molecule has 0 aliphatic carbocycles. The second kappa shape index (κ2) is 9.41. The van der Waals surface area contributed by atoms with Gasteiger partial charge in [-0.1, -0.05) is 34.9 Å².